The Morgan fingerprint density at radius 1 is 0.810 bits per heavy atom. The van der Waals surface area contributed by atoms with E-state index in [0.29, 0.717) is 17.2 Å². The van der Waals surface area contributed by atoms with Crippen molar-refractivity contribution in [3.8, 4) is 17.2 Å². The summed E-state index contributed by atoms with van der Waals surface area (Å²) < 4.78 is 15.9. The third-order valence-electron chi connectivity index (χ3n) is 2.68. The number of benzene rings is 1. The van der Waals surface area contributed by atoms with Crippen molar-refractivity contribution in [3.63, 3.8) is 0 Å². The van der Waals surface area contributed by atoms with Crippen molar-refractivity contribution in [2.45, 2.75) is 0 Å². The first kappa shape index (κ1) is 16.6. The summed E-state index contributed by atoms with van der Waals surface area (Å²) in [4.78, 5) is 2.92. The van der Waals surface area contributed by atoms with Crippen LogP contribution in [-0.2, 0) is 0 Å². The highest BCUT2D eigenvalue weighted by Crippen LogP contribution is 2.38. The molecule has 0 amide bonds. The third-order valence-corrected chi connectivity index (χ3v) is 2.68. The largest absolute Gasteiger partial charge is 0.493 e. The highest BCUT2D eigenvalue weighted by atomic mass is 16.5. The number of methoxy groups -OCH3 is 3. The summed E-state index contributed by atoms with van der Waals surface area (Å²) in [5.41, 5.74) is 0.972. The van der Waals surface area contributed by atoms with Gasteiger partial charge in [-0.2, -0.15) is 0 Å². The molecular weight excluding hydrogens is 266 g/mol. The molecule has 0 heterocycles. The van der Waals surface area contributed by atoms with Crippen LogP contribution < -0.4 is 19.2 Å². The van der Waals surface area contributed by atoms with Gasteiger partial charge < -0.3 is 14.2 Å². The van der Waals surface area contributed by atoms with E-state index in [2.05, 4.69) is 4.99 Å². The van der Waals surface area contributed by atoms with Gasteiger partial charge in [0.15, 0.2) is 17.7 Å². The first-order valence-corrected chi connectivity index (χ1v) is 6.57. The van der Waals surface area contributed by atoms with E-state index in [0.717, 1.165) is 5.56 Å². The molecule has 4 heteroatoms. The van der Waals surface area contributed by atoms with Gasteiger partial charge in [0.25, 0.3) is 0 Å². The molecule has 0 unspecified atom stereocenters. The summed E-state index contributed by atoms with van der Waals surface area (Å²) >= 11 is 0. The molecule has 0 saturated carbocycles. The fourth-order valence-corrected chi connectivity index (χ4v) is 1.71. The van der Waals surface area contributed by atoms with Crippen molar-refractivity contribution < 1.29 is 19.2 Å². The molecule has 0 aliphatic rings. The van der Waals surface area contributed by atoms with Gasteiger partial charge in [0, 0.05) is 6.08 Å². The Balaban J connectivity index is 2.88. The number of allylic oxidation sites excluding steroid dienone is 5. The molecule has 0 radical (unpaired) electrons. The van der Waals surface area contributed by atoms with E-state index in [4.69, 9.17) is 14.2 Å². The average molecular weight is 288 g/mol. The SMILES string of the molecule is C[NH+]=C\C=C/C=C/C=C/c1cc(OC)c(OC)c(OC)c1. The molecule has 1 aromatic carbocycles. The van der Waals surface area contributed by atoms with Crippen molar-refractivity contribution in [3.05, 3.63) is 48.1 Å². The van der Waals surface area contributed by atoms with E-state index in [1.54, 1.807) is 21.3 Å². The lowest BCUT2D eigenvalue weighted by molar-refractivity contribution is -0.413. The molecule has 0 aromatic heterocycles. The number of ether oxygens (including phenoxy) is 3. The number of nitrogens with one attached hydrogen (secondary N) is 1. The Morgan fingerprint density at radius 2 is 1.38 bits per heavy atom. The zero-order valence-corrected chi connectivity index (χ0v) is 12.9. The maximum Gasteiger partial charge on any atom is 0.203 e. The minimum Gasteiger partial charge on any atom is -0.493 e. The summed E-state index contributed by atoms with van der Waals surface area (Å²) in [6.45, 7) is 0. The van der Waals surface area contributed by atoms with Crippen LogP contribution in [0.4, 0.5) is 0 Å². The molecular formula is C17H22NO3+. The highest BCUT2D eigenvalue weighted by molar-refractivity contribution is 5.66. The van der Waals surface area contributed by atoms with Gasteiger partial charge in [-0.05, 0) is 17.7 Å². The maximum atomic E-state index is 5.31. The summed E-state index contributed by atoms with van der Waals surface area (Å²) in [5.74, 6) is 1.88. The number of hydrogen-bond donors (Lipinski definition) is 1. The van der Waals surface area contributed by atoms with Crippen molar-refractivity contribution in [1.82, 2.24) is 0 Å². The standard InChI is InChI=1S/C17H21NO3/c1-18-11-9-7-5-6-8-10-14-12-15(19-2)17(21-4)16(13-14)20-3/h5-13H,1-4H3/p+1/b6-5+,9-7-,10-8+,18-11?. The minimum absolute atomic E-state index is 0.596. The summed E-state index contributed by atoms with van der Waals surface area (Å²) in [5, 5.41) is 0. The van der Waals surface area contributed by atoms with Crippen LogP contribution in [0.3, 0.4) is 0 Å². The predicted molar refractivity (Wildman–Crippen MR) is 86.4 cm³/mol. The third kappa shape index (κ3) is 5.18. The molecule has 0 aliphatic carbocycles. The van der Waals surface area contributed by atoms with Crippen LogP contribution >= 0.6 is 0 Å². The van der Waals surface area contributed by atoms with Crippen molar-refractivity contribution in [2.24, 2.45) is 0 Å². The average Bonchev–Trinajstić information content (AvgIpc) is 2.52. The monoisotopic (exact) mass is 288 g/mol. The maximum absolute atomic E-state index is 5.31. The lowest BCUT2D eigenvalue weighted by Gasteiger charge is -2.12. The Kier molecular flexibility index (Phi) is 7.43. The molecule has 0 bridgehead atoms. The van der Waals surface area contributed by atoms with E-state index in [9.17, 15) is 0 Å². The smallest absolute Gasteiger partial charge is 0.203 e. The van der Waals surface area contributed by atoms with Crippen molar-refractivity contribution >= 4 is 12.3 Å². The van der Waals surface area contributed by atoms with Crippen LogP contribution in [0.1, 0.15) is 5.56 Å². The molecule has 21 heavy (non-hydrogen) atoms. The van der Waals surface area contributed by atoms with E-state index in [1.165, 1.54) is 0 Å². The molecule has 1 aromatic rings. The second-order valence-electron chi connectivity index (χ2n) is 4.04. The lowest BCUT2D eigenvalue weighted by atomic mass is 10.1. The van der Waals surface area contributed by atoms with Gasteiger partial charge in [0.1, 0.15) is 7.05 Å². The van der Waals surface area contributed by atoms with Gasteiger partial charge in [-0.1, -0.05) is 30.4 Å². The van der Waals surface area contributed by atoms with E-state index in [-0.39, 0.29) is 0 Å². The molecule has 0 aliphatic heterocycles. The normalized spacial score (nSPS) is 12.0. The summed E-state index contributed by atoms with van der Waals surface area (Å²) in [7, 11) is 6.66. The molecule has 0 atom stereocenters. The zero-order valence-electron chi connectivity index (χ0n) is 12.9. The summed E-state index contributed by atoms with van der Waals surface area (Å²) in [6.07, 6.45) is 13.5. The Morgan fingerprint density at radius 3 is 1.90 bits per heavy atom. The fraction of sp³-hybridized carbons (Fsp3) is 0.235. The molecule has 0 saturated heterocycles. The fourth-order valence-electron chi connectivity index (χ4n) is 1.71. The van der Waals surface area contributed by atoms with E-state index in [1.807, 2.05) is 61.9 Å². The van der Waals surface area contributed by atoms with Crippen LogP contribution in [0.2, 0.25) is 0 Å². The van der Waals surface area contributed by atoms with E-state index >= 15 is 0 Å². The molecule has 1 N–H and O–H groups in total. The minimum atomic E-state index is 0.596. The van der Waals surface area contributed by atoms with Crippen LogP contribution in [-0.4, -0.2) is 34.6 Å². The van der Waals surface area contributed by atoms with Gasteiger partial charge >= 0.3 is 0 Å². The molecule has 1 rings (SSSR count). The van der Waals surface area contributed by atoms with Gasteiger partial charge in [0.05, 0.1) is 21.3 Å². The Labute approximate surface area is 126 Å². The number of rotatable bonds is 7. The van der Waals surface area contributed by atoms with Gasteiger partial charge in [0.2, 0.25) is 5.75 Å². The molecule has 4 nitrogen and oxygen atoms in total. The topological polar surface area (TPSA) is 41.7 Å². The first-order valence-electron chi connectivity index (χ1n) is 6.57. The molecule has 0 fully saturated rings. The summed E-state index contributed by atoms with van der Waals surface area (Å²) in [6, 6.07) is 3.80. The van der Waals surface area contributed by atoms with Crippen LogP contribution in [0.25, 0.3) is 6.08 Å². The van der Waals surface area contributed by atoms with Gasteiger partial charge in [-0.25, -0.2) is 0 Å². The Hall–Kier alpha value is -2.49. The zero-order chi connectivity index (χ0) is 15.5. The first-order chi connectivity index (χ1) is 10.3. The second-order valence-corrected chi connectivity index (χ2v) is 4.04. The lowest BCUT2D eigenvalue weighted by Crippen LogP contribution is -2.62. The molecule has 0 spiro atoms. The van der Waals surface area contributed by atoms with Gasteiger partial charge in [-0.3, -0.25) is 4.99 Å². The van der Waals surface area contributed by atoms with Crippen molar-refractivity contribution in [2.75, 3.05) is 28.4 Å². The number of hydrogen-bond acceptors (Lipinski definition) is 3. The highest BCUT2D eigenvalue weighted by Gasteiger charge is 2.11. The van der Waals surface area contributed by atoms with E-state index < -0.39 is 0 Å². The molecule has 112 valence electrons. The second kappa shape index (κ2) is 9.42. The van der Waals surface area contributed by atoms with Crippen LogP contribution in [0.5, 0.6) is 17.2 Å². The van der Waals surface area contributed by atoms with Crippen molar-refractivity contribution in [1.29, 1.82) is 0 Å². The van der Waals surface area contributed by atoms with Gasteiger partial charge in [-0.15, -0.1) is 0 Å². The quantitative estimate of drug-likeness (QED) is 0.612. The predicted octanol–water partition coefficient (Wildman–Crippen LogP) is 1.62. The van der Waals surface area contributed by atoms with Crippen LogP contribution in [0, 0.1) is 0 Å². The Bertz CT molecular complexity index is 532. The van der Waals surface area contributed by atoms with Crippen LogP contribution in [0.15, 0.2) is 42.5 Å².